The highest BCUT2D eigenvalue weighted by molar-refractivity contribution is 6.34. The van der Waals surface area contributed by atoms with E-state index in [4.69, 9.17) is 21.4 Å². The summed E-state index contributed by atoms with van der Waals surface area (Å²) in [5, 5.41) is 22.8. The Morgan fingerprint density at radius 1 is 1.60 bits per heavy atom. The Labute approximate surface area is 120 Å². The molecule has 0 heterocycles. The van der Waals surface area contributed by atoms with Crippen molar-refractivity contribution in [3.05, 3.63) is 32.8 Å². The monoisotopic (exact) mass is 302 g/mol. The van der Waals surface area contributed by atoms with Crippen LogP contribution in [0.3, 0.4) is 0 Å². The fourth-order valence-corrected chi connectivity index (χ4v) is 1.89. The van der Waals surface area contributed by atoms with Crippen molar-refractivity contribution in [2.45, 2.75) is 19.4 Å². The summed E-state index contributed by atoms with van der Waals surface area (Å²) in [6.45, 7) is 2.34. The number of halogens is 1. The summed E-state index contributed by atoms with van der Waals surface area (Å²) in [6.07, 6.45) is 0.642. The third-order valence-electron chi connectivity index (χ3n) is 2.66. The van der Waals surface area contributed by atoms with Crippen LogP contribution in [0.15, 0.2) is 12.1 Å². The molecule has 1 aromatic carbocycles. The molecule has 110 valence electrons. The summed E-state index contributed by atoms with van der Waals surface area (Å²) in [5.41, 5.74) is -0.413. The molecule has 8 heteroatoms. The second kappa shape index (κ2) is 7.06. The summed E-state index contributed by atoms with van der Waals surface area (Å²) in [7, 11) is 1.56. The van der Waals surface area contributed by atoms with Crippen molar-refractivity contribution in [2.24, 2.45) is 0 Å². The lowest BCUT2D eigenvalue weighted by Crippen LogP contribution is -2.19. The average Bonchev–Trinajstić information content (AvgIpc) is 2.37. The first-order valence-electron chi connectivity index (χ1n) is 5.83. The first-order valence-corrected chi connectivity index (χ1v) is 6.21. The van der Waals surface area contributed by atoms with Crippen molar-refractivity contribution in [3.8, 4) is 0 Å². The molecule has 2 N–H and O–H groups in total. The summed E-state index contributed by atoms with van der Waals surface area (Å²) in [5.74, 6) is -1.28. The Hall–Kier alpha value is -1.86. The molecule has 1 aromatic rings. The maximum absolute atomic E-state index is 11.2. The molecule has 0 bridgehead atoms. The van der Waals surface area contributed by atoms with Crippen molar-refractivity contribution in [1.82, 2.24) is 0 Å². The number of methoxy groups -OCH3 is 1. The van der Waals surface area contributed by atoms with Gasteiger partial charge in [0.25, 0.3) is 5.69 Å². The number of aromatic carboxylic acids is 1. The number of carbonyl (C=O) groups is 1. The lowest BCUT2D eigenvalue weighted by molar-refractivity contribution is -0.384. The van der Waals surface area contributed by atoms with E-state index in [1.807, 2.05) is 6.92 Å². The van der Waals surface area contributed by atoms with Gasteiger partial charge in [-0.25, -0.2) is 4.79 Å². The van der Waals surface area contributed by atoms with Gasteiger partial charge in [-0.3, -0.25) is 10.1 Å². The number of rotatable bonds is 7. The zero-order valence-corrected chi connectivity index (χ0v) is 11.8. The zero-order chi connectivity index (χ0) is 15.3. The van der Waals surface area contributed by atoms with E-state index in [-0.39, 0.29) is 28.0 Å². The summed E-state index contributed by atoms with van der Waals surface area (Å²) in [6, 6.07) is 2.02. The Morgan fingerprint density at radius 2 is 2.25 bits per heavy atom. The van der Waals surface area contributed by atoms with Gasteiger partial charge < -0.3 is 15.2 Å². The van der Waals surface area contributed by atoms with Crippen LogP contribution >= 0.6 is 11.6 Å². The van der Waals surface area contributed by atoms with Gasteiger partial charge in [-0.1, -0.05) is 11.6 Å². The number of ether oxygens (including phenoxy) is 1. The fraction of sp³-hybridized carbons (Fsp3) is 0.417. The van der Waals surface area contributed by atoms with Crippen molar-refractivity contribution in [3.63, 3.8) is 0 Å². The fourth-order valence-electron chi connectivity index (χ4n) is 1.63. The molecule has 0 amide bonds. The van der Waals surface area contributed by atoms with Crippen LogP contribution in [0.1, 0.15) is 23.7 Å². The Morgan fingerprint density at radius 3 is 2.75 bits per heavy atom. The standard InChI is InChI=1S/C12H15ClN2O5/c1-7(3-4-20-2)14-11-9(12(16)17)5-8(15(18)19)6-10(11)13/h5-7,14H,3-4H2,1-2H3,(H,16,17). The van der Waals surface area contributed by atoms with Crippen molar-refractivity contribution in [2.75, 3.05) is 19.0 Å². The van der Waals surface area contributed by atoms with Gasteiger partial charge in [0.05, 0.1) is 21.2 Å². The predicted molar refractivity (Wildman–Crippen MR) is 74.6 cm³/mol. The molecule has 0 saturated heterocycles. The highest BCUT2D eigenvalue weighted by atomic mass is 35.5. The maximum Gasteiger partial charge on any atom is 0.338 e. The molecule has 0 spiro atoms. The van der Waals surface area contributed by atoms with Crippen LogP contribution in [0.5, 0.6) is 0 Å². The predicted octanol–water partition coefficient (Wildman–Crippen LogP) is 2.78. The molecular weight excluding hydrogens is 288 g/mol. The molecule has 7 nitrogen and oxygen atoms in total. The van der Waals surface area contributed by atoms with E-state index in [1.54, 1.807) is 7.11 Å². The van der Waals surface area contributed by atoms with E-state index < -0.39 is 10.9 Å². The summed E-state index contributed by atoms with van der Waals surface area (Å²) in [4.78, 5) is 21.2. The smallest absolute Gasteiger partial charge is 0.338 e. The highest BCUT2D eigenvalue weighted by Crippen LogP contribution is 2.32. The molecule has 0 radical (unpaired) electrons. The number of non-ortho nitro benzene ring substituents is 1. The first kappa shape index (κ1) is 16.2. The molecule has 0 fully saturated rings. The minimum absolute atomic E-state index is 0.000803. The average molecular weight is 303 g/mol. The highest BCUT2D eigenvalue weighted by Gasteiger charge is 2.21. The van der Waals surface area contributed by atoms with E-state index in [0.29, 0.717) is 13.0 Å². The van der Waals surface area contributed by atoms with Crippen LogP contribution < -0.4 is 5.32 Å². The molecule has 0 aliphatic heterocycles. The van der Waals surface area contributed by atoms with Gasteiger partial charge in [0.2, 0.25) is 0 Å². The second-order valence-electron chi connectivity index (χ2n) is 4.24. The number of carboxylic acids is 1. The lowest BCUT2D eigenvalue weighted by atomic mass is 10.1. The van der Waals surface area contributed by atoms with Gasteiger partial charge in [-0.05, 0) is 13.3 Å². The van der Waals surface area contributed by atoms with Gasteiger partial charge in [0.1, 0.15) is 0 Å². The van der Waals surface area contributed by atoms with E-state index in [2.05, 4.69) is 5.32 Å². The SMILES string of the molecule is COCCC(C)Nc1c(Cl)cc([N+](=O)[O-])cc1C(=O)O. The normalized spacial score (nSPS) is 11.9. The van der Waals surface area contributed by atoms with Crippen molar-refractivity contribution < 1.29 is 19.6 Å². The molecule has 1 rings (SSSR count). The zero-order valence-electron chi connectivity index (χ0n) is 11.1. The molecule has 1 unspecified atom stereocenters. The van der Waals surface area contributed by atoms with Crippen molar-refractivity contribution in [1.29, 1.82) is 0 Å². The summed E-state index contributed by atoms with van der Waals surface area (Å²) < 4.78 is 4.93. The topological polar surface area (TPSA) is 102 Å². The third-order valence-corrected chi connectivity index (χ3v) is 2.96. The quantitative estimate of drug-likeness (QED) is 0.593. The second-order valence-corrected chi connectivity index (χ2v) is 4.65. The van der Waals surface area contributed by atoms with Crippen molar-refractivity contribution >= 4 is 28.9 Å². The molecule has 0 aromatic heterocycles. The molecular formula is C12H15ClN2O5. The third kappa shape index (κ3) is 4.07. The molecule has 0 aliphatic rings. The first-order chi connectivity index (χ1) is 9.36. The number of anilines is 1. The number of nitrogens with one attached hydrogen (secondary N) is 1. The largest absolute Gasteiger partial charge is 0.478 e. The number of hydrogen-bond acceptors (Lipinski definition) is 5. The Kier molecular flexibility index (Phi) is 5.72. The van der Waals surface area contributed by atoms with E-state index in [0.717, 1.165) is 12.1 Å². The van der Waals surface area contributed by atoms with Crippen LogP contribution in [0.2, 0.25) is 5.02 Å². The summed E-state index contributed by atoms with van der Waals surface area (Å²) >= 11 is 5.94. The van der Waals surface area contributed by atoms with Crippen LogP contribution in [0.4, 0.5) is 11.4 Å². The number of nitro groups is 1. The van der Waals surface area contributed by atoms with Gasteiger partial charge in [0.15, 0.2) is 0 Å². The number of hydrogen-bond donors (Lipinski definition) is 2. The van der Waals surface area contributed by atoms with Crippen LogP contribution in [0.25, 0.3) is 0 Å². The maximum atomic E-state index is 11.2. The molecule has 0 aliphatic carbocycles. The van der Waals surface area contributed by atoms with E-state index in [9.17, 15) is 14.9 Å². The minimum Gasteiger partial charge on any atom is -0.478 e. The van der Waals surface area contributed by atoms with Gasteiger partial charge >= 0.3 is 5.97 Å². The van der Waals surface area contributed by atoms with E-state index >= 15 is 0 Å². The number of nitrogens with zero attached hydrogens (tertiary/aromatic N) is 1. The molecule has 0 saturated carbocycles. The molecule has 1 atom stereocenters. The van der Waals surface area contributed by atoms with Crippen LogP contribution in [-0.4, -0.2) is 35.8 Å². The number of benzene rings is 1. The van der Waals surface area contributed by atoms with Crippen LogP contribution in [-0.2, 0) is 4.74 Å². The number of carboxylic acid groups (broad SMARTS) is 1. The van der Waals surface area contributed by atoms with Gasteiger partial charge in [-0.15, -0.1) is 0 Å². The Bertz CT molecular complexity index is 521. The van der Waals surface area contributed by atoms with Crippen LogP contribution in [0, 0.1) is 10.1 Å². The lowest BCUT2D eigenvalue weighted by Gasteiger charge is -2.17. The van der Waals surface area contributed by atoms with E-state index in [1.165, 1.54) is 0 Å². The van der Waals surface area contributed by atoms with Gasteiger partial charge in [-0.2, -0.15) is 0 Å². The molecule has 20 heavy (non-hydrogen) atoms. The van der Waals surface area contributed by atoms with Gasteiger partial charge in [0, 0.05) is 31.9 Å². The number of nitro benzene ring substituents is 1. The Balaban J connectivity index is 3.11. The minimum atomic E-state index is -1.28.